The predicted molar refractivity (Wildman–Crippen MR) is 112 cm³/mol. The highest BCUT2D eigenvalue weighted by atomic mass is 16.5. The van der Waals surface area contributed by atoms with Gasteiger partial charge in [-0.05, 0) is 42.9 Å². The fourth-order valence-corrected chi connectivity index (χ4v) is 3.60. The van der Waals surface area contributed by atoms with Crippen molar-refractivity contribution in [2.24, 2.45) is 0 Å². The van der Waals surface area contributed by atoms with E-state index in [9.17, 15) is 0 Å². The van der Waals surface area contributed by atoms with Gasteiger partial charge in [-0.1, -0.05) is 13.0 Å². The number of aromatic nitrogens is 2. The van der Waals surface area contributed by atoms with E-state index in [0.717, 1.165) is 66.5 Å². The zero-order valence-corrected chi connectivity index (χ0v) is 16.2. The Hall–Kier alpha value is -2.70. The SMILES string of the molecule is CCN1CCN(c2nc(-c3ccc(OCCO)cc3)cc3cccnc23)CC1. The van der Waals surface area contributed by atoms with Crippen LogP contribution in [0.2, 0.25) is 0 Å². The van der Waals surface area contributed by atoms with E-state index in [1.54, 1.807) is 0 Å². The number of hydrogen-bond acceptors (Lipinski definition) is 6. The first-order chi connectivity index (χ1) is 13.8. The summed E-state index contributed by atoms with van der Waals surface area (Å²) < 4.78 is 5.46. The van der Waals surface area contributed by atoms with E-state index in [2.05, 4.69) is 33.8 Å². The highest BCUT2D eigenvalue weighted by Crippen LogP contribution is 2.30. The molecule has 1 aliphatic rings. The summed E-state index contributed by atoms with van der Waals surface area (Å²) in [6.07, 6.45) is 1.84. The summed E-state index contributed by atoms with van der Waals surface area (Å²) in [5.74, 6) is 1.71. The number of rotatable bonds is 6. The van der Waals surface area contributed by atoms with Crippen molar-refractivity contribution < 1.29 is 9.84 Å². The lowest BCUT2D eigenvalue weighted by molar-refractivity contribution is 0.201. The largest absolute Gasteiger partial charge is 0.491 e. The second-order valence-electron chi connectivity index (χ2n) is 6.92. The number of benzene rings is 1. The Morgan fingerprint density at radius 2 is 1.86 bits per heavy atom. The Morgan fingerprint density at radius 3 is 2.57 bits per heavy atom. The Kier molecular flexibility index (Phi) is 5.69. The lowest BCUT2D eigenvalue weighted by atomic mass is 10.1. The maximum absolute atomic E-state index is 8.90. The maximum Gasteiger partial charge on any atom is 0.155 e. The molecule has 6 nitrogen and oxygen atoms in total. The van der Waals surface area contributed by atoms with E-state index in [1.165, 1.54) is 0 Å². The molecule has 0 spiro atoms. The van der Waals surface area contributed by atoms with Crippen LogP contribution in [-0.2, 0) is 0 Å². The summed E-state index contributed by atoms with van der Waals surface area (Å²) in [7, 11) is 0. The molecule has 28 heavy (non-hydrogen) atoms. The molecule has 3 heterocycles. The molecular formula is C22H26N4O2. The third kappa shape index (κ3) is 3.93. The van der Waals surface area contributed by atoms with Gasteiger partial charge in [0.1, 0.15) is 17.9 Å². The van der Waals surface area contributed by atoms with Crippen LogP contribution >= 0.6 is 0 Å². The van der Waals surface area contributed by atoms with Crippen molar-refractivity contribution in [1.82, 2.24) is 14.9 Å². The van der Waals surface area contributed by atoms with E-state index in [0.29, 0.717) is 6.61 Å². The molecule has 0 radical (unpaired) electrons. The molecule has 0 saturated carbocycles. The average molecular weight is 378 g/mol. The first-order valence-electron chi connectivity index (χ1n) is 9.85. The number of hydrogen-bond donors (Lipinski definition) is 1. The van der Waals surface area contributed by atoms with Crippen LogP contribution in [0.4, 0.5) is 5.82 Å². The zero-order chi connectivity index (χ0) is 19.3. The molecule has 0 aliphatic carbocycles. The van der Waals surface area contributed by atoms with Crippen molar-refractivity contribution >= 4 is 16.7 Å². The Labute approximate surface area is 165 Å². The lowest BCUT2D eigenvalue weighted by Crippen LogP contribution is -2.46. The van der Waals surface area contributed by atoms with Crippen LogP contribution in [0, 0.1) is 0 Å². The second-order valence-corrected chi connectivity index (χ2v) is 6.92. The van der Waals surface area contributed by atoms with E-state index < -0.39 is 0 Å². The van der Waals surface area contributed by atoms with Gasteiger partial charge in [0.05, 0.1) is 12.3 Å². The molecule has 1 saturated heterocycles. The summed E-state index contributed by atoms with van der Waals surface area (Å²) in [4.78, 5) is 14.4. The third-order valence-electron chi connectivity index (χ3n) is 5.20. The van der Waals surface area contributed by atoms with Gasteiger partial charge in [-0.25, -0.2) is 4.98 Å². The van der Waals surface area contributed by atoms with Gasteiger partial charge in [0, 0.05) is 43.3 Å². The van der Waals surface area contributed by atoms with Crippen molar-refractivity contribution in [3.63, 3.8) is 0 Å². The molecule has 0 amide bonds. The standard InChI is InChI=1S/C22H26N4O2/c1-2-25-10-12-26(13-11-25)22-21-18(4-3-9-23-21)16-20(24-22)17-5-7-19(8-6-17)28-15-14-27/h3-9,16,27H,2,10-15H2,1H3. The number of aliphatic hydroxyl groups excluding tert-OH is 1. The molecule has 1 N–H and O–H groups in total. The monoisotopic (exact) mass is 378 g/mol. The number of fused-ring (bicyclic) bond motifs is 1. The molecule has 6 heteroatoms. The fourth-order valence-electron chi connectivity index (χ4n) is 3.60. The van der Waals surface area contributed by atoms with Crippen LogP contribution in [0.25, 0.3) is 22.2 Å². The van der Waals surface area contributed by atoms with Gasteiger partial charge in [0.15, 0.2) is 5.82 Å². The Balaban J connectivity index is 1.68. The second kappa shape index (κ2) is 8.54. The van der Waals surface area contributed by atoms with Crippen molar-refractivity contribution in [2.75, 3.05) is 50.8 Å². The van der Waals surface area contributed by atoms with Gasteiger partial charge in [-0.3, -0.25) is 4.98 Å². The molecule has 1 aliphatic heterocycles. The Bertz CT molecular complexity index is 921. The number of likely N-dealkylation sites (N-methyl/N-ethyl adjacent to an activating group) is 1. The van der Waals surface area contributed by atoms with Crippen LogP contribution in [0.15, 0.2) is 48.7 Å². The minimum atomic E-state index is 0.00956. The molecule has 3 aromatic rings. The maximum atomic E-state index is 8.90. The molecule has 146 valence electrons. The quantitative estimate of drug-likeness (QED) is 0.712. The van der Waals surface area contributed by atoms with Crippen LogP contribution in [0.5, 0.6) is 5.75 Å². The van der Waals surface area contributed by atoms with Crippen LogP contribution in [0.3, 0.4) is 0 Å². The number of aliphatic hydroxyl groups is 1. The number of pyridine rings is 2. The lowest BCUT2D eigenvalue weighted by Gasteiger charge is -2.35. The predicted octanol–water partition coefficient (Wildman–Crippen LogP) is 2.81. The Morgan fingerprint density at radius 1 is 1.07 bits per heavy atom. The van der Waals surface area contributed by atoms with Crippen molar-refractivity contribution in [3.05, 3.63) is 48.7 Å². The van der Waals surface area contributed by atoms with Crippen LogP contribution < -0.4 is 9.64 Å². The van der Waals surface area contributed by atoms with E-state index >= 15 is 0 Å². The summed E-state index contributed by atoms with van der Waals surface area (Å²) in [6.45, 7) is 7.63. The van der Waals surface area contributed by atoms with Gasteiger partial charge in [-0.2, -0.15) is 0 Å². The van der Waals surface area contributed by atoms with Crippen molar-refractivity contribution in [2.45, 2.75) is 6.92 Å². The fraction of sp³-hybridized carbons (Fsp3) is 0.364. The highest BCUT2D eigenvalue weighted by Gasteiger charge is 2.20. The van der Waals surface area contributed by atoms with Gasteiger partial charge in [0.2, 0.25) is 0 Å². The molecule has 4 rings (SSSR count). The normalized spacial score (nSPS) is 15.1. The smallest absolute Gasteiger partial charge is 0.155 e. The van der Waals surface area contributed by atoms with E-state index in [-0.39, 0.29) is 6.61 Å². The van der Waals surface area contributed by atoms with E-state index in [1.807, 2.05) is 36.5 Å². The molecule has 0 atom stereocenters. The highest BCUT2D eigenvalue weighted by molar-refractivity contribution is 5.91. The minimum absolute atomic E-state index is 0.00956. The van der Waals surface area contributed by atoms with Gasteiger partial charge in [0.25, 0.3) is 0 Å². The van der Waals surface area contributed by atoms with Crippen molar-refractivity contribution in [1.29, 1.82) is 0 Å². The molecule has 1 aromatic carbocycles. The zero-order valence-electron chi connectivity index (χ0n) is 16.2. The van der Waals surface area contributed by atoms with Gasteiger partial charge in [-0.15, -0.1) is 0 Å². The number of anilines is 1. The summed E-state index contributed by atoms with van der Waals surface area (Å²) in [5, 5.41) is 10.00. The molecule has 0 unspecified atom stereocenters. The number of ether oxygens (including phenoxy) is 1. The van der Waals surface area contributed by atoms with Gasteiger partial charge < -0.3 is 19.6 Å². The topological polar surface area (TPSA) is 61.7 Å². The molecule has 1 fully saturated rings. The number of nitrogens with zero attached hydrogens (tertiary/aromatic N) is 4. The molecule has 2 aromatic heterocycles. The summed E-state index contributed by atoms with van der Waals surface area (Å²) >= 11 is 0. The first kappa shape index (κ1) is 18.7. The number of piperazine rings is 1. The molecular weight excluding hydrogens is 352 g/mol. The summed E-state index contributed by atoms with van der Waals surface area (Å²) in [5.41, 5.74) is 2.93. The van der Waals surface area contributed by atoms with Gasteiger partial charge >= 0.3 is 0 Å². The first-order valence-corrected chi connectivity index (χ1v) is 9.85. The average Bonchev–Trinajstić information content (AvgIpc) is 2.77. The minimum Gasteiger partial charge on any atom is -0.491 e. The molecule has 0 bridgehead atoms. The van der Waals surface area contributed by atoms with Crippen LogP contribution in [-0.4, -0.2) is 65.9 Å². The van der Waals surface area contributed by atoms with Crippen LogP contribution in [0.1, 0.15) is 6.92 Å². The van der Waals surface area contributed by atoms with Crippen molar-refractivity contribution in [3.8, 4) is 17.0 Å². The van der Waals surface area contributed by atoms with E-state index in [4.69, 9.17) is 14.8 Å². The summed E-state index contributed by atoms with van der Waals surface area (Å²) in [6, 6.07) is 14.0. The third-order valence-corrected chi connectivity index (χ3v) is 5.20.